The second kappa shape index (κ2) is 8.31. The molecule has 0 spiro atoms. The number of hydrogen-bond acceptors (Lipinski definition) is 4. The zero-order valence-corrected chi connectivity index (χ0v) is 16.6. The summed E-state index contributed by atoms with van der Waals surface area (Å²) < 4.78 is 15.3. The largest absolute Gasteiger partial charge is 0.337 e. The minimum absolute atomic E-state index is 0.103. The minimum Gasteiger partial charge on any atom is -0.337 e. The van der Waals surface area contributed by atoms with E-state index in [1.807, 2.05) is 19.1 Å². The monoisotopic (exact) mass is 415 g/mol. The Bertz CT molecular complexity index is 1350. The van der Waals surface area contributed by atoms with Crippen molar-refractivity contribution in [3.63, 3.8) is 0 Å². The summed E-state index contributed by atoms with van der Waals surface area (Å²) >= 11 is 0. The summed E-state index contributed by atoms with van der Waals surface area (Å²) in [4.78, 5) is 42.4. The second-order valence-corrected chi connectivity index (χ2v) is 7.14. The molecule has 0 saturated carbocycles. The maximum Gasteiger partial charge on any atom is 0.244 e. The van der Waals surface area contributed by atoms with E-state index in [4.69, 9.17) is 0 Å². The van der Waals surface area contributed by atoms with Crippen LogP contribution in [0.2, 0.25) is 0 Å². The van der Waals surface area contributed by atoms with Crippen LogP contribution in [0, 0.1) is 12.7 Å². The number of nitrogens with one attached hydrogen (secondary N) is 1. The number of rotatable bonds is 5. The van der Waals surface area contributed by atoms with Gasteiger partial charge in [0.1, 0.15) is 12.4 Å². The minimum atomic E-state index is -0.548. The van der Waals surface area contributed by atoms with Gasteiger partial charge in [0.15, 0.2) is 5.78 Å². The molecule has 6 nitrogen and oxygen atoms in total. The number of hydrogen-bond donors (Lipinski definition) is 1. The van der Waals surface area contributed by atoms with Crippen molar-refractivity contribution in [2.24, 2.45) is 0 Å². The highest BCUT2D eigenvalue weighted by Gasteiger charge is 2.18. The summed E-state index contributed by atoms with van der Waals surface area (Å²) in [6.45, 7) is 1.73. The standard InChI is InChI=1S/C24H18FN3O3/c1-15-2-5-18(6-3-15)27-22(29)14-28-13-20(23(30)16-8-10-26-11-9-16)24(31)19-7-4-17(25)12-21(19)28/h2-13H,14H2,1H3,(H,27,29). The molecule has 31 heavy (non-hydrogen) atoms. The van der Waals surface area contributed by atoms with Crippen LogP contribution in [-0.2, 0) is 11.3 Å². The number of amides is 1. The van der Waals surface area contributed by atoms with Crippen molar-refractivity contribution in [2.45, 2.75) is 13.5 Å². The van der Waals surface area contributed by atoms with Crippen LogP contribution in [-0.4, -0.2) is 21.2 Å². The molecule has 0 bridgehead atoms. The Morgan fingerprint density at radius 2 is 1.74 bits per heavy atom. The van der Waals surface area contributed by atoms with Gasteiger partial charge in [0.2, 0.25) is 11.3 Å². The SMILES string of the molecule is Cc1ccc(NC(=O)Cn2cc(C(=O)c3ccncc3)c(=O)c3ccc(F)cc32)cc1. The zero-order chi connectivity index (χ0) is 22.0. The summed E-state index contributed by atoms with van der Waals surface area (Å²) in [5.74, 6) is -1.42. The van der Waals surface area contributed by atoms with Crippen LogP contribution in [0.25, 0.3) is 10.9 Å². The molecular formula is C24H18FN3O3. The first kappa shape index (κ1) is 20.2. The Labute approximate surface area is 177 Å². The summed E-state index contributed by atoms with van der Waals surface area (Å²) in [5.41, 5.74) is 1.57. The first-order chi connectivity index (χ1) is 14.9. The van der Waals surface area contributed by atoms with Crippen molar-refractivity contribution in [2.75, 3.05) is 5.32 Å². The lowest BCUT2D eigenvalue weighted by Crippen LogP contribution is -2.24. The lowest BCUT2D eigenvalue weighted by molar-refractivity contribution is -0.116. The number of nitrogens with zero attached hydrogens (tertiary/aromatic N) is 2. The maximum absolute atomic E-state index is 13.9. The number of aromatic nitrogens is 2. The van der Waals surface area contributed by atoms with Crippen LogP contribution in [0.3, 0.4) is 0 Å². The lowest BCUT2D eigenvalue weighted by Gasteiger charge is -2.14. The van der Waals surface area contributed by atoms with Gasteiger partial charge in [0.25, 0.3) is 0 Å². The van der Waals surface area contributed by atoms with Crippen LogP contribution in [0.5, 0.6) is 0 Å². The molecule has 0 atom stereocenters. The van der Waals surface area contributed by atoms with Crippen molar-refractivity contribution < 1.29 is 14.0 Å². The fraction of sp³-hybridized carbons (Fsp3) is 0.0833. The molecule has 0 saturated heterocycles. The van der Waals surface area contributed by atoms with E-state index in [9.17, 15) is 18.8 Å². The highest BCUT2D eigenvalue weighted by molar-refractivity contribution is 6.10. The number of halogens is 1. The quantitative estimate of drug-likeness (QED) is 0.504. The third-order valence-electron chi connectivity index (χ3n) is 4.88. The fourth-order valence-corrected chi connectivity index (χ4v) is 3.31. The van der Waals surface area contributed by atoms with Crippen LogP contribution in [0.4, 0.5) is 10.1 Å². The molecule has 0 fully saturated rings. The molecule has 1 N–H and O–H groups in total. The van der Waals surface area contributed by atoms with E-state index in [-0.39, 0.29) is 28.9 Å². The lowest BCUT2D eigenvalue weighted by atomic mass is 10.0. The smallest absolute Gasteiger partial charge is 0.244 e. The highest BCUT2D eigenvalue weighted by Crippen LogP contribution is 2.17. The summed E-state index contributed by atoms with van der Waals surface area (Å²) in [6, 6.07) is 13.9. The van der Waals surface area contributed by atoms with Crippen LogP contribution in [0.1, 0.15) is 21.5 Å². The normalized spacial score (nSPS) is 10.8. The van der Waals surface area contributed by atoms with Gasteiger partial charge in [-0.15, -0.1) is 0 Å². The second-order valence-electron chi connectivity index (χ2n) is 7.14. The topological polar surface area (TPSA) is 81.1 Å². The van der Waals surface area contributed by atoms with Crippen LogP contribution < -0.4 is 10.7 Å². The predicted molar refractivity (Wildman–Crippen MR) is 116 cm³/mol. The van der Waals surface area contributed by atoms with Gasteiger partial charge in [-0.3, -0.25) is 19.4 Å². The third-order valence-corrected chi connectivity index (χ3v) is 4.88. The van der Waals surface area contributed by atoms with Gasteiger partial charge in [0.05, 0.1) is 11.1 Å². The molecule has 0 radical (unpaired) electrons. The molecule has 0 aliphatic heterocycles. The van der Waals surface area contributed by atoms with Crippen LogP contribution in [0.15, 0.2) is 78.0 Å². The number of ketones is 1. The molecule has 2 aromatic carbocycles. The number of anilines is 1. The molecular weight excluding hydrogens is 397 g/mol. The van der Waals surface area contributed by atoms with Gasteiger partial charge < -0.3 is 9.88 Å². The van der Waals surface area contributed by atoms with Crippen molar-refractivity contribution in [1.29, 1.82) is 0 Å². The number of benzene rings is 2. The Hall–Kier alpha value is -4.13. The van der Waals surface area contributed by atoms with Crippen molar-refractivity contribution in [3.05, 3.63) is 106 Å². The van der Waals surface area contributed by atoms with E-state index in [1.165, 1.54) is 47.4 Å². The molecule has 2 heterocycles. The average Bonchev–Trinajstić information content (AvgIpc) is 2.77. The molecule has 1 amide bonds. The molecule has 154 valence electrons. The van der Waals surface area contributed by atoms with Gasteiger partial charge in [-0.05, 0) is 49.4 Å². The van der Waals surface area contributed by atoms with Gasteiger partial charge in [-0.2, -0.15) is 0 Å². The number of fused-ring (bicyclic) bond motifs is 1. The molecule has 4 rings (SSSR count). The molecule has 2 aromatic heterocycles. The first-order valence-corrected chi connectivity index (χ1v) is 9.56. The Balaban J connectivity index is 1.76. The van der Waals surface area contributed by atoms with E-state index in [2.05, 4.69) is 10.3 Å². The summed E-state index contributed by atoms with van der Waals surface area (Å²) in [5, 5.41) is 2.92. The third kappa shape index (κ3) is 4.25. The van der Waals surface area contributed by atoms with Gasteiger partial charge in [-0.1, -0.05) is 17.7 Å². The first-order valence-electron chi connectivity index (χ1n) is 9.56. The van der Waals surface area contributed by atoms with E-state index < -0.39 is 17.0 Å². The fourth-order valence-electron chi connectivity index (χ4n) is 3.31. The Morgan fingerprint density at radius 3 is 2.45 bits per heavy atom. The van der Waals surface area contributed by atoms with E-state index in [0.29, 0.717) is 11.3 Å². The van der Waals surface area contributed by atoms with E-state index in [0.717, 1.165) is 11.6 Å². The van der Waals surface area contributed by atoms with Gasteiger partial charge >= 0.3 is 0 Å². The molecule has 4 aromatic rings. The molecule has 0 unspecified atom stereocenters. The maximum atomic E-state index is 13.9. The van der Waals surface area contributed by atoms with Gasteiger partial charge in [0, 0.05) is 35.2 Å². The van der Waals surface area contributed by atoms with Gasteiger partial charge in [-0.25, -0.2) is 4.39 Å². The Kier molecular flexibility index (Phi) is 5.41. The van der Waals surface area contributed by atoms with E-state index in [1.54, 1.807) is 12.1 Å². The molecule has 7 heteroatoms. The summed E-state index contributed by atoms with van der Waals surface area (Å²) in [7, 11) is 0. The number of carbonyl (C=O) groups is 2. The van der Waals surface area contributed by atoms with Crippen LogP contribution >= 0.6 is 0 Å². The molecule has 0 aliphatic rings. The predicted octanol–water partition coefficient (Wildman–Crippen LogP) is 3.71. The van der Waals surface area contributed by atoms with Crippen molar-refractivity contribution in [3.8, 4) is 0 Å². The number of pyridine rings is 2. The van der Waals surface area contributed by atoms with E-state index >= 15 is 0 Å². The Morgan fingerprint density at radius 1 is 1.03 bits per heavy atom. The highest BCUT2D eigenvalue weighted by atomic mass is 19.1. The number of carbonyl (C=O) groups excluding carboxylic acids is 2. The zero-order valence-electron chi connectivity index (χ0n) is 16.6. The summed E-state index contributed by atoms with van der Waals surface area (Å²) in [6.07, 6.45) is 4.22. The molecule has 0 aliphatic carbocycles. The van der Waals surface area contributed by atoms with Crippen molar-refractivity contribution >= 4 is 28.3 Å². The number of aryl methyl sites for hydroxylation is 1. The van der Waals surface area contributed by atoms with Crippen molar-refractivity contribution in [1.82, 2.24) is 9.55 Å². The average molecular weight is 415 g/mol.